The molecule has 0 aromatic carbocycles. The zero-order chi connectivity index (χ0) is 11.3. The summed E-state index contributed by atoms with van der Waals surface area (Å²) >= 11 is 0. The number of likely N-dealkylation sites (N-methyl/N-ethyl adjacent to an activating group) is 1. The Labute approximate surface area is 91.7 Å². The van der Waals surface area contributed by atoms with Gasteiger partial charge in [0.2, 0.25) is 0 Å². The number of rotatable bonds is 5. The van der Waals surface area contributed by atoms with E-state index in [1.807, 2.05) is 11.9 Å². The van der Waals surface area contributed by atoms with Crippen LogP contribution in [-0.4, -0.2) is 71.3 Å². The van der Waals surface area contributed by atoms with Crippen molar-refractivity contribution in [3.63, 3.8) is 0 Å². The molecule has 1 N–H and O–H groups in total. The van der Waals surface area contributed by atoms with E-state index in [4.69, 9.17) is 4.74 Å². The third-order valence-corrected chi connectivity index (χ3v) is 3.30. The van der Waals surface area contributed by atoms with Gasteiger partial charge in [-0.05, 0) is 7.05 Å². The molecule has 0 aromatic rings. The first-order chi connectivity index (χ1) is 6.97. The number of nitrogens with one attached hydrogen (secondary N) is 1. The van der Waals surface area contributed by atoms with Gasteiger partial charge in [0.1, 0.15) is 9.84 Å². The van der Waals surface area contributed by atoms with Gasteiger partial charge in [0.05, 0.1) is 19.0 Å². The first-order valence-electron chi connectivity index (χ1n) is 5.15. The first kappa shape index (κ1) is 12.9. The fraction of sp³-hybridized carbons (Fsp3) is 1.00. The number of hydrogen-bond donors (Lipinski definition) is 1. The SMILES string of the molecule is CN(CCS(C)(=O)=O)CC1COCCN1. The van der Waals surface area contributed by atoms with Gasteiger partial charge in [-0.2, -0.15) is 0 Å². The second kappa shape index (κ2) is 5.79. The number of morpholine rings is 1. The molecular formula is C9H20N2O3S. The van der Waals surface area contributed by atoms with E-state index < -0.39 is 9.84 Å². The fourth-order valence-corrected chi connectivity index (χ4v) is 2.17. The van der Waals surface area contributed by atoms with Crippen LogP contribution in [0.2, 0.25) is 0 Å². The van der Waals surface area contributed by atoms with Crippen LogP contribution in [0.1, 0.15) is 0 Å². The lowest BCUT2D eigenvalue weighted by Gasteiger charge is -2.28. The van der Waals surface area contributed by atoms with E-state index in [9.17, 15) is 8.42 Å². The van der Waals surface area contributed by atoms with Gasteiger partial charge in [0, 0.05) is 31.9 Å². The van der Waals surface area contributed by atoms with Crippen molar-refractivity contribution < 1.29 is 13.2 Å². The molecule has 0 radical (unpaired) electrons. The van der Waals surface area contributed by atoms with Crippen LogP contribution in [-0.2, 0) is 14.6 Å². The van der Waals surface area contributed by atoms with Crippen LogP contribution < -0.4 is 5.32 Å². The minimum absolute atomic E-state index is 0.219. The molecule has 1 aliphatic rings. The van der Waals surface area contributed by atoms with Crippen LogP contribution in [0.4, 0.5) is 0 Å². The lowest BCUT2D eigenvalue weighted by atomic mass is 10.2. The van der Waals surface area contributed by atoms with Crippen molar-refractivity contribution in [2.45, 2.75) is 6.04 Å². The van der Waals surface area contributed by atoms with Crippen LogP contribution >= 0.6 is 0 Å². The number of sulfone groups is 1. The molecule has 1 rings (SSSR count). The molecule has 1 atom stereocenters. The Kier molecular flexibility index (Phi) is 4.98. The van der Waals surface area contributed by atoms with Gasteiger partial charge in [-0.1, -0.05) is 0 Å². The lowest BCUT2D eigenvalue weighted by molar-refractivity contribution is 0.0660. The Hall–Kier alpha value is -0.170. The van der Waals surface area contributed by atoms with Gasteiger partial charge in [0.25, 0.3) is 0 Å². The zero-order valence-electron chi connectivity index (χ0n) is 9.40. The van der Waals surface area contributed by atoms with Gasteiger partial charge >= 0.3 is 0 Å². The van der Waals surface area contributed by atoms with Crippen LogP contribution in [0.15, 0.2) is 0 Å². The molecule has 0 saturated carbocycles. The Bertz CT molecular complexity index is 273. The van der Waals surface area contributed by atoms with Crippen LogP contribution in [0.25, 0.3) is 0 Å². The van der Waals surface area contributed by atoms with E-state index in [0.717, 1.165) is 19.7 Å². The largest absolute Gasteiger partial charge is 0.378 e. The lowest BCUT2D eigenvalue weighted by Crippen LogP contribution is -2.48. The predicted molar refractivity (Wildman–Crippen MR) is 59.8 cm³/mol. The molecule has 90 valence electrons. The molecule has 15 heavy (non-hydrogen) atoms. The quantitative estimate of drug-likeness (QED) is 0.660. The second-order valence-corrected chi connectivity index (χ2v) is 6.38. The molecular weight excluding hydrogens is 216 g/mol. The van der Waals surface area contributed by atoms with E-state index in [-0.39, 0.29) is 5.75 Å². The molecule has 0 aliphatic carbocycles. The van der Waals surface area contributed by atoms with Crippen molar-refractivity contribution in [3.05, 3.63) is 0 Å². The minimum atomic E-state index is -2.85. The van der Waals surface area contributed by atoms with Gasteiger partial charge in [-0.25, -0.2) is 8.42 Å². The highest BCUT2D eigenvalue weighted by atomic mass is 32.2. The molecule has 0 amide bonds. The molecule has 0 bridgehead atoms. The number of nitrogens with zero attached hydrogens (tertiary/aromatic N) is 1. The molecule has 0 spiro atoms. The Balaban J connectivity index is 2.20. The Morgan fingerprint density at radius 2 is 2.27 bits per heavy atom. The average molecular weight is 236 g/mol. The van der Waals surface area contributed by atoms with E-state index in [1.54, 1.807) is 0 Å². The normalized spacial score (nSPS) is 23.3. The smallest absolute Gasteiger partial charge is 0.148 e. The second-order valence-electron chi connectivity index (χ2n) is 4.12. The average Bonchev–Trinajstić information content (AvgIpc) is 2.15. The molecule has 1 aliphatic heterocycles. The predicted octanol–water partition coefficient (Wildman–Crippen LogP) is -1.05. The zero-order valence-corrected chi connectivity index (χ0v) is 10.2. The van der Waals surface area contributed by atoms with Gasteiger partial charge < -0.3 is 15.0 Å². The summed E-state index contributed by atoms with van der Waals surface area (Å²) in [5, 5.41) is 3.33. The summed E-state index contributed by atoms with van der Waals surface area (Å²) < 4.78 is 27.2. The summed E-state index contributed by atoms with van der Waals surface area (Å²) in [5.74, 6) is 0.219. The van der Waals surface area contributed by atoms with Crippen molar-refractivity contribution in [2.24, 2.45) is 0 Å². The van der Waals surface area contributed by atoms with Gasteiger partial charge in [0.15, 0.2) is 0 Å². The summed E-state index contributed by atoms with van der Waals surface area (Å²) in [6.07, 6.45) is 1.27. The third-order valence-electron chi connectivity index (χ3n) is 2.37. The maximum absolute atomic E-state index is 11.0. The van der Waals surface area contributed by atoms with E-state index in [0.29, 0.717) is 19.2 Å². The van der Waals surface area contributed by atoms with Crippen molar-refractivity contribution in [2.75, 3.05) is 51.9 Å². The van der Waals surface area contributed by atoms with Crippen molar-refractivity contribution in [1.29, 1.82) is 0 Å². The van der Waals surface area contributed by atoms with Crippen LogP contribution in [0.3, 0.4) is 0 Å². The molecule has 6 heteroatoms. The Morgan fingerprint density at radius 1 is 1.53 bits per heavy atom. The van der Waals surface area contributed by atoms with Crippen molar-refractivity contribution >= 4 is 9.84 Å². The molecule has 1 heterocycles. The molecule has 5 nitrogen and oxygen atoms in total. The van der Waals surface area contributed by atoms with Crippen LogP contribution in [0, 0.1) is 0 Å². The summed E-state index contributed by atoms with van der Waals surface area (Å²) in [6.45, 7) is 3.77. The maximum atomic E-state index is 11.0. The van der Waals surface area contributed by atoms with E-state index in [1.165, 1.54) is 6.26 Å². The fourth-order valence-electron chi connectivity index (χ4n) is 1.53. The van der Waals surface area contributed by atoms with Crippen molar-refractivity contribution in [3.8, 4) is 0 Å². The summed E-state index contributed by atoms with van der Waals surface area (Å²) in [4.78, 5) is 2.02. The standard InChI is InChI=1S/C9H20N2O3S/c1-11(4-6-15(2,12)13)7-9-8-14-5-3-10-9/h9-10H,3-8H2,1-2H3. The summed E-state index contributed by atoms with van der Waals surface area (Å²) in [7, 11) is -0.921. The Morgan fingerprint density at radius 3 is 2.80 bits per heavy atom. The highest BCUT2D eigenvalue weighted by Gasteiger charge is 2.15. The highest BCUT2D eigenvalue weighted by molar-refractivity contribution is 7.90. The highest BCUT2D eigenvalue weighted by Crippen LogP contribution is 1.96. The minimum Gasteiger partial charge on any atom is -0.378 e. The number of hydrogen-bond acceptors (Lipinski definition) is 5. The monoisotopic (exact) mass is 236 g/mol. The number of ether oxygens (including phenoxy) is 1. The topological polar surface area (TPSA) is 58.6 Å². The molecule has 0 aromatic heterocycles. The maximum Gasteiger partial charge on any atom is 0.148 e. The van der Waals surface area contributed by atoms with Crippen LogP contribution in [0.5, 0.6) is 0 Å². The molecule has 1 unspecified atom stereocenters. The van der Waals surface area contributed by atoms with Crippen molar-refractivity contribution in [1.82, 2.24) is 10.2 Å². The summed E-state index contributed by atoms with van der Waals surface area (Å²) in [5.41, 5.74) is 0. The van der Waals surface area contributed by atoms with Gasteiger partial charge in [-0.15, -0.1) is 0 Å². The summed E-state index contributed by atoms with van der Waals surface area (Å²) in [6, 6.07) is 0.323. The first-order valence-corrected chi connectivity index (χ1v) is 7.21. The molecule has 1 fully saturated rings. The third kappa shape index (κ3) is 6.09. The van der Waals surface area contributed by atoms with E-state index in [2.05, 4.69) is 5.32 Å². The van der Waals surface area contributed by atoms with Gasteiger partial charge in [-0.3, -0.25) is 0 Å². The van der Waals surface area contributed by atoms with E-state index >= 15 is 0 Å². The molecule has 1 saturated heterocycles.